The van der Waals surface area contributed by atoms with Gasteiger partial charge in [0.05, 0.1) is 15.7 Å². The molecule has 0 amide bonds. The SMILES string of the molecule is O=S1CC(NC2CC2)c2cc(F)cc(F)c21. The van der Waals surface area contributed by atoms with Crippen molar-refractivity contribution in [1.82, 2.24) is 5.32 Å². The number of rotatable bonds is 2. The van der Waals surface area contributed by atoms with Gasteiger partial charge in [0.2, 0.25) is 0 Å². The normalized spacial score (nSPS) is 28.1. The van der Waals surface area contributed by atoms with Crippen LogP contribution in [0.4, 0.5) is 8.78 Å². The molecule has 0 radical (unpaired) electrons. The van der Waals surface area contributed by atoms with Crippen LogP contribution in [-0.4, -0.2) is 16.0 Å². The molecule has 3 rings (SSSR count). The molecule has 5 heteroatoms. The first kappa shape index (κ1) is 10.4. The van der Waals surface area contributed by atoms with Crippen LogP contribution in [0.25, 0.3) is 0 Å². The highest BCUT2D eigenvalue weighted by atomic mass is 32.2. The first-order valence-corrected chi connectivity index (χ1v) is 6.60. The summed E-state index contributed by atoms with van der Waals surface area (Å²) in [6.45, 7) is 0. The van der Waals surface area contributed by atoms with Crippen LogP contribution in [0.2, 0.25) is 0 Å². The number of nitrogens with one attached hydrogen (secondary N) is 1. The Kier molecular flexibility index (Phi) is 2.33. The van der Waals surface area contributed by atoms with E-state index in [0.717, 1.165) is 18.9 Å². The maximum Gasteiger partial charge on any atom is 0.142 e. The molecule has 0 aromatic heterocycles. The molecule has 0 bridgehead atoms. The third kappa shape index (κ3) is 1.68. The van der Waals surface area contributed by atoms with Gasteiger partial charge in [-0.1, -0.05) is 0 Å². The predicted molar refractivity (Wildman–Crippen MR) is 56.5 cm³/mol. The zero-order valence-electron chi connectivity index (χ0n) is 8.50. The quantitative estimate of drug-likeness (QED) is 0.859. The lowest BCUT2D eigenvalue weighted by atomic mass is 10.1. The van der Waals surface area contributed by atoms with Gasteiger partial charge in [-0.3, -0.25) is 4.21 Å². The van der Waals surface area contributed by atoms with Gasteiger partial charge in [-0.05, 0) is 24.5 Å². The molecule has 16 heavy (non-hydrogen) atoms. The molecule has 2 atom stereocenters. The van der Waals surface area contributed by atoms with Gasteiger partial charge >= 0.3 is 0 Å². The molecule has 86 valence electrons. The molecule has 1 aromatic carbocycles. The van der Waals surface area contributed by atoms with E-state index < -0.39 is 22.4 Å². The van der Waals surface area contributed by atoms with Crippen LogP contribution < -0.4 is 5.32 Å². The summed E-state index contributed by atoms with van der Waals surface area (Å²) >= 11 is 0. The zero-order chi connectivity index (χ0) is 11.3. The Balaban J connectivity index is 2.01. The van der Waals surface area contributed by atoms with Crippen LogP contribution in [0.1, 0.15) is 24.4 Å². The summed E-state index contributed by atoms with van der Waals surface area (Å²) in [5, 5.41) is 3.27. The van der Waals surface area contributed by atoms with Crippen molar-refractivity contribution in [1.29, 1.82) is 0 Å². The zero-order valence-corrected chi connectivity index (χ0v) is 9.32. The van der Waals surface area contributed by atoms with Gasteiger partial charge in [0.1, 0.15) is 11.6 Å². The highest BCUT2D eigenvalue weighted by Gasteiger charge is 2.35. The molecule has 1 aliphatic heterocycles. The van der Waals surface area contributed by atoms with Crippen molar-refractivity contribution in [3.8, 4) is 0 Å². The number of halogens is 2. The lowest BCUT2D eigenvalue weighted by Crippen LogP contribution is -2.24. The summed E-state index contributed by atoms with van der Waals surface area (Å²) in [4.78, 5) is 0.180. The van der Waals surface area contributed by atoms with E-state index in [2.05, 4.69) is 5.32 Å². The van der Waals surface area contributed by atoms with Gasteiger partial charge < -0.3 is 5.32 Å². The van der Waals surface area contributed by atoms with E-state index in [1.165, 1.54) is 6.07 Å². The summed E-state index contributed by atoms with van der Waals surface area (Å²) in [6, 6.07) is 2.37. The topological polar surface area (TPSA) is 29.1 Å². The van der Waals surface area contributed by atoms with Crippen molar-refractivity contribution >= 4 is 10.8 Å². The van der Waals surface area contributed by atoms with Crippen molar-refractivity contribution in [3.05, 3.63) is 29.3 Å². The fourth-order valence-corrected chi connectivity index (χ4v) is 3.56. The molecular formula is C11H11F2NOS. The Hall–Kier alpha value is -0.810. The highest BCUT2D eigenvalue weighted by Crippen LogP contribution is 2.35. The van der Waals surface area contributed by atoms with Gasteiger partial charge in [-0.15, -0.1) is 0 Å². The van der Waals surface area contributed by atoms with Gasteiger partial charge in [0.25, 0.3) is 0 Å². The third-order valence-electron chi connectivity index (χ3n) is 2.97. The summed E-state index contributed by atoms with van der Waals surface area (Å²) in [7, 11) is -1.34. The minimum Gasteiger partial charge on any atom is -0.306 e. The van der Waals surface area contributed by atoms with Crippen LogP contribution in [-0.2, 0) is 10.8 Å². The molecule has 1 aliphatic carbocycles. The lowest BCUT2D eigenvalue weighted by Gasteiger charge is -2.11. The number of benzene rings is 1. The van der Waals surface area contributed by atoms with Crippen molar-refractivity contribution in [2.24, 2.45) is 0 Å². The Labute approximate surface area is 94.5 Å². The second-order valence-electron chi connectivity index (χ2n) is 4.31. The van der Waals surface area contributed by atoms with E-state index in [1.54, 1.807) is 0 Å². The van der Waals surface area contributed by atoms with E-state index in [0.29, 0.717) is 17.4 Å². The van der Waals surface area contributed by atoms with Crippen LogP contribution >= 0.6 is 0 Å². The van der Waals surface area contributed by atoms with Crippen LogP contribution in [0.15, 0.2) is 17.0 Å². The van der Waals surface area contributed by atoms with E-state index in [9.17, 15) is 13.0 Å². The molecule has 1 fully saturated rings. The molecular weight excluding hydrogens is 232 g/mol. The van der Waals surface area contributed by atoms with Gasteiger partial charge in [-0.25, -0.2) is 8.78 Å². The number of fused-ring (bicyclic) bond motifs is 1. The van der Waals surface area contributed by atoms with Crippen molar-refractivity contribution in [2.75, 3.05) is 5.75 Å². The smallest absolute Gasteiger partial charge is 0.142 e. The maximum absolute atomic E-state index is 13.5. The largest absolute Gasteiger partial charge is 0.306 e. The molecule has 1 heterocycles. The molecule has 1 N–H and O–H groups in total. The molecule has 0 spiro atoms. The van der Waals surface area contributed by atoms with Crippen molar-refractivity contribution in [3.63, 3.8) is 0 Å². The van der Waals surface area contributed by atoms with Crippen LogP contribution in [0, 0.1) is 11.6 Å². The van der Waals surface area contributed by atoms with Crippen molar-refractivity contribution < 1.29 is 13.0 Å². The predicted octanol–water partition coefficient (Wildman–Crippen LogP) is 1.88. The van der Waals surface area contributed by atoms with E-state index >= 15 is 0 Å². The third-order valence-corrected chi connectivity index (χ3v) is 4.49. The fraction of sp³-hybridized carbons (Fsp3) is 0.455. The summed E-state index contributed by atoms with van der Waals surface area (Å²) in [5.41, 5.74) is 0.530. The van der Waals surface area contributed by atoms with E-state index in [-0.39, 0.29) is 10.9 Å². The molecule has 1 saturated carbocycles. The minimum atomic E-state index is -1.34. The molecule has 2 aliphatic rings. The average Bonchev–Trinajstić information content (AvgIpc) is 2.93. The van der Waals surface area contributed by atoms with Gasteiger partial charge in [0, 0.05) is 23.9 Å². The second kappa shape index (κ2) is 3.60. The average molecular weight is 243 g/mol. The first-order chi connectivity index (χ1) is 7.65. The molecule has 2 unspecified atom stereocenters. The second-order valence-corrected chi connectivity index (χ2v) is 5.74. The van der Waals surface area contributed by atoms with E-state index in [4.69, 9.17) is 0 Å². The Bertz CT molecular complexity index is 473. The maximum atomic E-state index is 13.5. The Morgan fingerprint density at radius 3 is 2.75 bits per heavy atom. The van der Waals surface area contributed by atoms with Gasteiger partial charge in [-0.2, -0.15) is 0 Å². The monoisotopic (exact) mass is 243 g/mol. The Morgan fingerprint density at radius 2 is 2.06 bits per heavy atom. The minimum absolute atomic E-state index is 0.159. The molecule has 1 aromatic rings. The summed E-state index contributed by atoms with van der Waals surface area (Å²) < 4.78 is 38.3. The highest BCUT2D eigenvalue weighted by molar-refractivity contribution is 7.85. The summed E-state index contributed by atoms with van der Waals surface area (Å²) in [6.07, 6.45) is 2.19. The number of hydrogen-bond acceptors (Lipinski definition) is 2. The Morgan fingerprint density at radius 1 is 1.31 bits per heavy atom. The molecule has 0 saturated heterocycles. The van der Waals surface area contributed by atoms with Gasteiger partial charge in [0.15, 0.2) is 0 Å². The first-order valence-electron chi connectivity index (χ1n) is 5.28. The molecule has 2 nitrogen and oxygen atoms in total. The summed E-state index contributed by atoms with van der Waals surface area (Å²) in [5.74, 6) is -0.933. The fourth-order valence-electron chi connectivity index (χ4n) is 2.08. The van der Waals surface area contributed by atoms with Crippen LogP contribution in [0.3, 0.4) is 0 Å². The lowest BCUT2D eigenvalue weighted by molar-refractivity contribution is 0.536. The van der Waals surface area contributed by atoms with Crippen molar-refractivity contribution in [2.45, 2.75) is 29.8 Å². The standard InChI is InChI=1S/C11H11F2NOS/c12-6-3-8-10(14-7-1-2-7)5-16(15)11(8)9(13)4-6/h3-4,7,10,14H,1-2,5H2. The number of hydrogen-bond donors (Lipinski definition) is 1. The van der Waals surface area contributed by atoms with Crippen LogP contribution in [0.5, 0.6) is 0 Å². The van der Waals surface area contributed by atoms with E-state index in [1.807, 2.05) is 0 Å².